The van der Waals surface area contributed by atoms with Gasteiger partial charge in [0.25, 0.3) is 0 Å². The lowest BCUT2D eigenvalue weighted by Gasteiger charge is -2.22. The third-order valence-electron chi connectivity index (χ3n) is 3.10. The first kappa shape index (κ1) is 17.5. The van der Waals surface area contributed by atoms with Gasteiger partial charge in [0, 0.05) is 18.6 Å². The molecule has 1 aromatic carbocycles. The van der Waals surface area contributed by atoms with Crippen LogP contribution in [0.25, 0.3) is 0 Å². The van der Waals surface area contributed by atoms with Crippen LogP contribution >= 0.6 is 51.3 Å². The summed E-state index contributed by atoms with van der Waals surface area (Å²) in [5.41, 5.74) is 1.79. The molecular weight excluding hydrogens is 407 g/mol. The molecule has 0 saturated carbocycles. The molecule has 22 heavy (non-hydrogen) atoms. The maximum atomic E-state index is 6.15. The zero-order valence-electron chi connectivity index (χ0n) is 12.1. The van der Waals surface area contributed by atoms with Gasteiger partial charge < -0.3 is 10.2 Å². The minimum Gasteiger partial charge on any atom is -0.346 e. The van der Waals surface area contributed by atoms with Crippen molar-refractivity contribution in [3.8, 4) is 0 Å². The predicted molar refractivity (Wildman–Crippen MR) is 99.8 cm³/mol. The molecule has 118 valence electrons. The van der Waals surface area contributed by atoms with Crippen molar-refractivity contribution in [2.24, 2.45) is 0 Å². The molecule has 1 aromatic heterocycles. The van der Waals surface area contributed by atoms with E-state index in [1.165, 1.54) is 0 Å². The fourth-order valence-corrected chi connectivity index (χ4v) is 2.97. The summed E-state index contributed by atoms with van der Waals surface area (Å²) in [5, 5.41) is 9.11. The summed E-state index contributed by atoms with van der Waals surface area (Å²) >= 11 is 21.0. The number of aromatic nitrogens is 2. The smallest absolute Gasteiger partial charge is 0.173 e. The number of aryl methyl sites for hydroxylation is 1. The molecule has 0 radical (unpaired) electrons. The van der Waals surface area contributed by atoms with Crippen LogP contribution in [0.2, 0.25) is 10.0 Å². The van der Waals surface area contributed by atoms with Crippen molar-refractivity contribution < 1.29 is 0 Å². The van der Waals surface area contributed by atoms with Gasteiger partial charge in [0.1, 0.15) is 0 Å². The number of hydrogen-bond acceptors (Lipinski definition) is 2. The predicted octanol–water partition coefficient (Wildman–Crippen LogP) is 4.80. The Morgan fingerprint density at radius 1 is 1.45 bits per heavy atom. The Hall–Kier alpha value is -0.820. The maximum Gasteiger partial charge on any atom is 0.173 e. The second-order valence-electron chi connectivity index (χ2n) is 4.67. The topological polar surface area (TPSA) is 33.1 Å². The summed E-state index contributed by atoms with van der Waals surface area (Å²) in [6.45, 7) is 3.48. The average Bonchev–Trinajstić information content (AvgIpc) is 2.82. The molecule has 1 heterocycles. The minimum absolute atomic E-state index is 0.531. The van der Waals surface area contributed by atoms with E-state index in [4.69, 9.17) is 35.4 Å². The number of benzene rings is 1. The van der Waals surface area contributed by atoms with Crippen LogP contribution in [0.15, 0.2) is 28.9 Å². The molecule has 0 unspecified atom stereocenters. The van der Waals surface area contributed by atoms with Crippen LogP contribution in [0.5, 0.6) is 0 Å². The first-order valence-corrected chi connectivity index (χ1v) is 8.55. The van der Waals surface area contributed by atoms with Crippen LogP contribution in [0.4, 0.5) is 5.69 Å². The Morgan fingerprint density at radius 3 is 2.82 bits per heavy atom. The number of halogens is 3. The van der Waals surface area contributed by atoms with Gasteiger partial charge >= 0.3 is 0 Å². The zero-order valence-corrected chi connectivity index (χ0v) is 16.0. The van der Waals surface area contributed by atoms with E-state index in [1.54, 1.807) is 24.4 Å². The van der Waals surface area contributed by atoms with Gasteiger partial charge in [0.2, 0.25) is 0 Å². The highest BCUT2D eigenvalue weighted by Crippen LogP contribution is 2.26. The fraction of sp³-hybridized carbons (Fsp3) is 0.286. The second-order valence-corrected chi connectivity index (χ2v) is 6.75. The van der Waals surface area contributed by atoms with Gasteiger partial charge in [-0.2, -0.15) is 5.10 Å². The number of nitrogens with one attached hydrogen (secondary N) is 1. The number of hydrogen-bond donors (Lipinski definition) is 1. The third-order valence-corrected chi connectivity index (χ3v) is 4.73. The van der Waals surface area contributed by atoms with Crippen molar-refractivity contribution >= 4 is 62.1 Å². The van der Waals surface area contributed by atoms with Crippen LogP contribution < -0.4 is 5.32 Å². The Kier molecular flexibility index (Phi) is 6.09. The van der Waals surface area contributed by atoms with Crippen molar-refractivity contribution in [3.63, 3.8) is 0 Å². The number of rotatable bonds is 4. The molecule has 0 aliphatic rings. The molecule has 4 nitrogen and oxygen atoms in total. The highest BCUT2D eigenvalue weighted by atomic mass is 79.9. The summed E-state index contributed by atoms with van der Waals surface area (Å²) in [6.07, 6.45) is 1.79. The molecule has 0 saturated heterocycles. The minimum atomic E-state index is 0.531. The monoisotopic (exact) mass is 420 g/mol. The molecule has 0 aliphatic carbocycles. The van der Waals surface area contributed by atoms with Crippen LogP contribution in [-0.2, 0) is 13.1 Å². The highest BCUT2D eigenvalue weighted by Gasteiger charge is 2.13. The lowest BCUT2D eigenvalue weighted by Crippen LogP contribution is -2.31. The molecule has 8 heteroatoms. The summed E-state index contributed by atoms with van der Waals surface area (Å²) in [6, 6.07) is 5.24. The SMILES string of the molecule is CCn1ncc(Br)c1CN(C)C(=S)Nc1ccc(Cl)cc1Cl. The zero-order chi connectivity index (χ0) is 16.3. The third kappa shape index (κ3) is 4.13. The van der Waals surface area contributed by atoms with Gasteiger partial charge in [-0.1, -0.05) is 23.2 Å². The largest absolute Gasteiger partial charge is 0.346 e. The average molecular weight is 422 g/mol. The van der Waals surface area contributed by atoms with E-state index in [2.05, 4.69) is 26.3 Å². The van der Waals surface area contributed by atoms with Crippen molar-refractivity contribution in [2.75, 3.05) is 12.4 Å². The maximum absolute atomic E-state index is 6.15. The molecule has 0 aliphatic heterocycles. The summed E-state index contributed by atoms with van der Waals surface area (Å²) < 4.78 is 2.90. The van der Waals surface area contributed by atoms with E-state index in [1.807, 2.05) is 23.6 Å². The van der Waals surface area contributed by atoms with Gasteiger partial charge in [-0.25, -0.2) is 0 Å². The Bertz CT molecular complexity index is 689. The van der Waals surface area contributed by atoms with Gasteiger partial charge in [-0.05, 0) is 53.3 Å². The van der Waals surface area contributed by atoms with Crippen LogP contribution in [0, 0.1) is 0 Å². The van der Waals surface area contributed by atoms with Gasteiger partial charge in [-0.3, -0.25) is 4.68 Å². The quantitative estimate of drug-likeness (QED) is 0.718. The van der Waals surface area contributed by atoms with Crippen LogP contribution in [0.1, 0.15) is 12.6 Å². The second kappa shape index (κ2) is 7.64. The number of thiocarbonyl (C=S) groups is 1. The fourth-order valence-electron chi connectivity index (χ4n) is 1.92. The Balaban J connectivity index is 2.07. The summed E-state index contributed by atoms with van der Waals surface area (Å²) in [5.74, 6) is 0. The molecule has 0 bridgehead atoms. The summed E-state index contributed by atoms with van der Waals surface area (Å²) in [7, 11) is 1.92. The van der Waals surface area contributed by atoms with E-state index in [-0.39, 0.29) is 0 Å². The first-order chi connectivity index (χ1) is 10.4. The molecule has 2 rings (SSSR count). The molecule has 0 spiro atoms. The highest BCUT2D eigenvalue weighted by molar-refractivity contribution is 9.10. The molecule has 2 aromatic rings. The van der Waals surface area contributed by atoms with Crippen molar-refractivity contribution in [1.29, 1.82) is 0 Å². The molecular formula is C14H15BrCl2N4S. The summed E-state index contributed by atoms with van der Waals surface area (Å²) in [4.78, 5) is 1.92. The van der Waals surface area contributed by atoms with Crippen molar-refractivity contribution in [2.45, 2.75) is 20.0 Å². The standard InChI is InChI=1S/C14H15BrCl2N4S/c1-3-21-13(10(15)7-18-21)8-20(2)14(22)19-12-5-4-9(16)6-11(12)17/h4-7H,3,8H2,1-2H3,(H,19,22). The van der Waals surface area contributed by atoms with Crippen molar-refractivity contribution in [3.05, 3.63) is 44.6 Å². The van der Waals surface area contributed by atoms with Crippen molar-refractivity contribution in [1.82, 2.24) is 14.7 Å². The van der Waals surface area contributed by atoms with Gasteiger partial charge in [0.05, 0.1) is 33.6 Å². The van der Waals surface area contributed by atoms with E-state index in [0.717, 1.165) is 22.4 Å². The molecule has 0 atom stereocenters. The van der Waals surface area contributed by atoms with E-state index in [9.17, 15) is 0 Å². The Labute approximate surface area is 153 Å². The van der Waals surface area contributed by atoms with Gasteiger partial charge in [-0.15, -0.1) is 0 Å². The first-order valence-electron chi connectivity index (χ1n) is 6.59. The normalized spacial score (nSPS) is 10.6. The molecule has 0 amide bonds. The van der Waals surface area contributed by atoms with Crippen LogP contribution in [-0.4, -0.2) is 26.8 Å². The molecule has 1 N–H and O–H groups in total. The van der Waals surface area contributed by atoms with E-state index >= 15 is 0 Å². The van der Waals surface area contributed by atoms with Gasteiger partial charge in [0.15, 0.2) is 5.11 Å². The Morgan fingerprint density at radius 2 is 2.18 bits per heavy atom. The van der Waals surface area contributed by atoms with E-state index < -0.39 is 0 Å². The van der Waals surface area contributed by atoms with E-state index in [0.29, 0.717) is 21.7 Å². The molecule has 0 fully saturated rings. The lowest BCUT2D eigenvalue weighted by atomic mass is 10.3. The number of anilines is 1. The number of nitrogens with zero attached hydrogens (tertiary/aromatic N) is 3. The van der Waals surface area contributed by atoms with Crippen LogP contribution in [0.3, 0.4) is 0 Å². The lowest BCUT2D eigenvalue weighted by molar-refractivity contribution is 0.470.